The van der Waals surface area contributed by atoms with Crippen LogP contribution in [-0.4, -0.2) is 51.2 Å². The van der Waals surface area contributed by atoms with Gasteiger partial charge in [-0.05, 0) is 36.8 Å². The molecule has 1 unspecified atom stereocenters. The number of sulfonamides is 1. The van der Waals surface area contributed by atoms with Gasteiger partial charge in [-0.2, -0.15) is 0 Å². The van der Waals surface area contributed by atoms with Gasteiger partial charge in [0.05, 0.1) is 18.3 Å². The second-order valence-electron chi connectivity index (χ2n) is 6.65. The number of hydrogen-bond donors (Lipinski definition) is 1. The lowest BCUT2D eigenvalue weighted by atomic mass is 9.97. The first-order chi connectivity index (χ1) is 12.4. The molecule has 0 radical (unpaired) electrons. The van der Waals surface area contributed by atoms with Crippen LogP contribution in [0, 0.1) is 5.92 Å². The Bertz CT molecular complexity index is 696. The normalized spacial score (nSPS) is 18.7. The van der Waals surface area contributed by atoms with Crippen LogP contribution in [0.25, 0.3) is 0 Å². The van der Waals surface area contributed by atoms with Crippen LogP contribution >= 0.6 is 0 Å². The summed E-state index contributed by atoms with van der Waals surface area (Å²) in [6.45, 7) is 5.01. The molecule has 1 fully saturated rings. The van der Waals surface area contributed by atoms with Crippen molar-refractivity contribution in [1.29, 1.82) is 0 Å². The summed E-state index contributed by atoms with van der Waals surface area (Å²) in [5, 5.41) is 3.08. The quantitative estimate of drug-likeness (QED) is 0.749. The maximum atomic E-state index is 12.8. The Labute approximate surface area is 157 Å². The molecular weight excluding hydrogens is 352 g/mol. The van der Waals surface area contributed by atoms with Gasteiger partial charge in [0.15, 0.2) is 0 Å². The van der Waals surface area contributed by atoms with Crippen molar-refractivity contribution in [2.24, 2.45) is 5.92 Å². The average molecular weight is 383 g/mol. The van der Waals surface area contributed by atoms with Crippen LogP contribution in [0.1, 0.15) is 37.8 Å². The fourth-order valence-electron chi connectivity index (χ4n) is 3.36. The molecule has 1 aromatic rings. The Morgan fingerprint density at radius 2 is 1.92 bits per heavy atom. The zero-order chi connectivity index (χ0) is 19.2. The molecule has 26 heavy (non-hydrogen) atoms. The number of carbonyl (C=O) groups excluding carboxylic acids is 1. The van der Waals surface area contributed by atoms with E-state index in [9.17, 15) is 13.2 Å². The number of ether oxygens (including phenoxy) is 1. The van der Waals surface area contributed by atoms with Crippen LogP contribution in [0.2, 0.25) is 0 Å². The Morgan fingerprint density at radius 3 is 2.50 bits per heavy atom. The summed E-state index contributed by atoms with van der Waals surface area (Å²) in [5.41, 5.74) is 3.11. The lowest BCUT2D eigenvalue weighted by molar-refractivity contribution is -0.120. The highest BCUT2D eigenvalue weighted by atomic mass is 32.2. The number of amides is 1. The molecule has 0 aromatic heterocycles. The Morgan fingerprint density at radius 1 is 1.27 bits per heavy atom. The minimum Gasteiger partial charge on any atom is -0.384 e. The van der Waals surface area contributed by atoms with Gasteiger partial charge in [0.25, 0.3) is 0 Å². The molecule has 6 nitrogen and oxygen atoms in total. The number of piperidine rings is 1. The van der Waals surface area contributed by atoms with E-state index < -0.39 is 10.0 Å². The van der Waals surface area contributed by atoms with E-state index in [0.29, 0.717) is 19.4 Å². The van der Waals surface area contributed by atoms with Gasteiger partial charge >= 0.3 is 0 Å². The Balaban J connectivity index is 2.11. The minimum absolute atomic E-state index is 0.0451. The third-order valence-electron chi connectivity index (χ3n) is 4.94. The van der Waals surface area contributed by atoms with Crippen LogP contribution in [0.15, 0.2) is 18.2 Å². The highest BCUT2D eigenvalue weighted by Crippen LogP contribution is 2.26. The fraction of sp³-hybridized carbons (Fsp3) is 0.632. The lowest BCUT2D eigenvalue weighted by Crippen LogP contribution is -2.45. The highest BCUT2D eigenvalue weighted by molar-refractivity contribution is 7.89. The predicted octanol–water partition coefficient (Wildman–Crippen LogP) is 2.44. The maximum Gasteiger partial charge on any atom is 0.228 e. The van der Waals surface area contributed by atoms with Crippen molar-refractivity contribution in [2.45, 2.75) is 39.5 Å². The van der Waals surface area contributed by atoms with Gasteiger partial charge in [-0.15, -0.1) is 0 Å². The van der Waals surface area contributed by atoms with Crippen molar-refractivity contribution in [3.8, 4) is 0 Å². The number of rotatable bonds is 8. The van der Waals surface area contributed by atoms with Crippen LogP contribution < -0.4 is 5.32 Å². The van der Waals surface area contributed by atoms with E-state index in [0.717, 1.165) is 29.7 Å². The van der Waals surface area contributed by atoms with Gasteiger partial charge in [0.2, 0.25) is 15.9 Å². The largest absolute Gasteiger partial charge is 0.384 e. The molecule has 0 saturated carbocycles. The number of hydrogen-bond acceptors (Lipinski definition) is 4. The number of benzene rings is 1. The summed E-state index contributed by atoms with van der Waals surface area (Å²) < 4.78 is 31.1. The van der Waals surface area contributed by atoms with Crippen molar-refractivity contribution < 1.29 is 17.9 Å². The summed E-state index contributed by atoms with van der Waals surface area (Å²) >= 11 is 0. The molecule has 7 heteroatoms. The van der Waals surface area contributed by atoms with Gasteiger partial charge in [0, 0.05) is 25.9 Å². The maximum absolute atomic E-state index is 12.8. The standard InChI is InChI=1S/C19H30N2O4S/c1-4-15-8-6-9-16(5-2)18(15)20-19(22)17-10-7-11-21(14-17)26(23,24)13-12-25-3/h6,8-9,17H,4-5,7,10-14H2,1-3H3,(H,20,22). The van der Waals surface area contributed by atoms with Crippen molar-refractivity contribution >= 4 is 21.6 Å². The Hall–Kier alpha value is -1.44. The summed E-state index contributed by atoms with van der Waals surface area (Å²) in [6, 6.07) is 6.06. The average Bonchev–Trinajstić information content (AvgIpc) is 2.66. The molecule has 0 spiro atoms. The number of aryl methyl sites for hydroxylation is 2. The molecular formula is C19H30N2O4S. The third-order valence-corrected chi connectivity index (χ3v) is 6.74. The summed E-state index contributed by atoms with van der Waals surface area (Å²) in [7, 11) is -1.90. The molecule has 1 aliphatic heterocycles. The predicted molar refractivity (Wildman–Crippen MR) is 104 cm³/mol. The second-order valence-corrected chi connectivity index (χ2v) is 8.74. The van der Waals surface area contributed by atoms with Gasteiger partial charge in [-0.1, -0.05) is 32.0 Å². The number of nitrogens with one attached hydrogen (secondary N) is 1. The van der Waals surface area contributed by atoms with Crippen molar-refractivity contribution in [2.75, 3.05) is 37.9 Å². The van der Waals surface area contributed by atoms with Crippen molar-refractivity contribution in [3.05, 3.63) is 29.3 Å². The number of methoxy groups -OCH3 is 1. The van der Waals surface area contributed by atoms with Gasteiger partial charge in [0.1, 0.15) is 0 Å². The first-order valence-electron chi connectivity index (χ1n) is 9.31. The van der Waals surface area contributed by atoms with E-state index >= 15 is 0 Å². The Kier molecular flexibility index (Phi) is 7.61. The smallest absolute Gasteiger partial charge is 0.228 e. The van der Waals surface area contributed by atoms with Crippen molar-refractivity contribution in [3.63, 3.8) is 0 Å². The summed E-state index contributed by atoms with van der Waals surface area (Å²) in [5.74, 6) is -0.459. The summed E-state index contributed by atoms with van der Waals surface area (Å²) in [4.78, 5) is 12.8. The highest BCUT2D eigenvalue weighted by Gasteiger charge is 2.32. The van der Waals surface area contributed by atoms with Crippen LogP contribution in [0.3, 0.4) is 0 Å². The molecule has 1 atom stereocenters. The van der Waals surface area contributed by atoms with E-state index in [2.05, 4.69) is 19.2 Å². The second kappa shape index (κ2) is 9.48. The van der Waals surface area contributed by atoms with Crippen LogP contribution in [-0.2, 0) is 32.4 Å². The van der Waals surface area contributed by atoms with Gasteiger partial charge < -0.3 is 10.1 Å². The number of para-hydroxylation sites is 1. The molecule has 1 N–H and O–H groups in total. The molecule has 146 valence electrons. The van der Waals surface area contributed by atoms with E-state index in [-0.39, 0.29) is 30.7 Å². The zero-order valence-corrected chi connectivity index (χ0v) is 16.8. The van der Waals surface area contributed by atoms with Crippen LogP contribution in [0.5, 0.6) is 0 Å². The van der Waals surface area contributed by atoms with Crippen molar-refractivity contribution in [1.82, 2.24) is 4.31 Å². The van der Waals surface area contributed by atoms with E-state index in [4.69, 9.17) is 4.74 Å². The molecule has 1 saturated heterocycles. The third kappa shape index (κ3) is 5.05. The molecule has 1 aromatic carbocycles. The van der Waals surface area contributed by atoms with E-state index in [1.165, 1.54) is 11.4 Å². The molecule has 1 aliphatic rings. The van der Waals surface area contributed by atoms with E-state index in [1.807, 2.05) is 18.2 Å². The van der Waals surface area contributed by atoms with E-state index in [1.54, 1.807) is 0 Å². The molecule has 1 heterocycles. The lowest BCUT2D eigenvalue weighted by Gasteiger charge is -2.31. The minimum atomic E-state index is -3.38. The molecule has 2 rings (SSSR count). The fourth-order valence-corrected chi connectivity index (χ4v) is 4.81. The molecule has 0 bridgehead atoms. The first kappa shape index (κ1) is 20.9. The van der Waals surface area contributed by atoms with Gasteiger partial charge in [-0.25, -0.2) is 12.7 Å². The first-order valence-corrected chi connectivity index (χ1v) is 10.9. The molecule has 0 aliphatic carbocycles. The SMILES string of the molecule is CCc1cccc(CC)c1NC(=O)C1CCCN(S(=O)(=O)CCOC)C1. The summed E-state index contributed by atoms with van der Waals surface area (Å²) in [6.07, 6.45) is 3.08. The zero-order valence-electron chi connectivity index (χ0n) is 16.0. The molecule has 1 amide bonds. The van der Waals surface area contributed by atoms with Gasteiger partial charge in [-0.3, -0.25) is 4.79 Å². The number of anilines is 1. The monoisotopic (exact) mass is 382 g/mol. The number of carbonyl (C=O) groups is 1. The number of nitrogens with zero attached hydrogens (tertiary/aromatic N) is 1. The van der Waals surface area contributed by atoms with Crippen LogP contribution in [0.4, 0.5) is 5.69 Å². The topological polar surface area (TPSA) is 75.7 Å².